The van der Waals surface area contributed by atoms with Crippen LogP contribution in [0.15, 0.2) is 48.5 Å². The quantitative estimate of drug-likeness (QED) is 0.759. The molecule has 2 amide bonds. The van der Waals surface area contributed by atoms with E-state index >= 15 is 0 Å². The van der Waals surface area contributed by atoms with E-state index < -0.39 is 0 Å². The van der Waals surface area contributed by atoms with Crippen molar-refractivity contribution in [1.29, 1.82) is 0 Å². The van der Waals surface area contributed by atoms with Crippen molar-refractivity contribution in [3.8, 4) is 0 Å². The lowest BCUT2D eigenvalue weighted by molar-refractivity contribution is -0.114. The van der Waals surface area contributed by atoms with Crippen molar-refractivity contribution < 1.29 is 9.59 Å². The predicted octanol–water partition coefficient (Wildman–Crippen LogP) is 3.78. The van der Waals surface area contributed by atoms with Gasteiger partial charge in [0.25, 0.3) is 5.91 Å². The molecule has 0 saturated heterocycles. The molecular formula is C21H27N3O2. The van der Waals surface area contributed by atoms with Crippen LogP contribution in [0.25, 0.3) is 0 Å². The van der Waals surface area contributed by atoms with Gasteiger partial charge in [-0.1, -0.05) is 19.1 Å². The third-order valence-electron chi connectivity index (χ3n) is 4.28. The smallest absolute Gasteiger partial charge is 0.253 e. The first kappa shape index (κ1) is 19.5. The zero-order chi connectivity index (χ0) is 18.9. The van der Waals surface area contributed by atoms with Gasteiger partial charge in [-0.2, -0.15) is 0 Å². The number of carbonyl (C=O) groups is 2. The van der Waals surface area contributed by atoms with Gasteiger partial charge in [0.05, 0.1) is 6.54 Å². The molecule has 0 aromatic heterocycles. The van der Waals surface area contributed by atoms with E-state index in [-0.39, 0.29) is 18.4 Å². The maximum Gasteiger partial charge on any atom is 0.253 e. The number of carbonyl (C=O) groups excluding carboxylic acids is 2. The fourth-order valence-corrected chi connectivity index (χ4v) is 2.64. The largest absolute Gasteiger partial charge is 0.376 e. The Morgan fingerprint density at radius 1 is 0.846 bits per heavy atom. The van der Waals surface area contributed by atoms with Crippen LogP contribution in [0.4, 0.5) is 11.4 Å². The number of hydrogen-bond acceptors (Lipinski definition) is 3. The second-order valence-electron chi connectivity index (χ2n) is 6.01. The molecule has 2 rings (SSSR count). The maximum absolute atomic E-state index is 12.3. The van der Waals surface area contributed by atoms with Gasteiger partial charge in [0.1, 0.15) is 0 Å². The molecule has 0 aliphatic rings. The highest BCUT2D eigenvalue weighted by molar-refractivity contribution is 5.96. The molecule has 0 aliphatic heterocycles. The van der Waals surface area contributed by atoms with E-state index in [0.717, 1.165) is 12.1 Å². The molecule has 0 saturated carbocycles. The Hall–Kier alpha value is -2.82. The van der Waals surface area contributed by atoms with Crippen LogP contribution in [0, 0.1) is 0 Å². The second-order valence-corrected chi connectivity index (χ2v) is 6.01. The van der Waals surface area contributed by atoms with Crippen LogP contribution in [-0.2, 0) is 11.2 Å². The topological polar surface area (TPSA) is 61.4 Å². The first-order valence-corrected chi connectivity index (χ1v) is 9.09. The lowest BCUT2D eigenvalue weighted by Gasteiger charge is -2.18. The van der Waals surface area contributed by atoms with Crippen LogP contribution in [0.3, 0.4) is 0 Å². The lowest BCUT2D eigenvalue weighted by atomic mass is 10.1. The third-order valence-corrected chi connectivity index (χ3v) is 4.28. The van der Waals surface area contributed by atoms with Gasteiger partial charge in [-0.25, -0.2) is 0 Å². The molecule has 0 aliphatic carbocycles. The Morgan fingerprint density at radius 3 is 1.96 bits per heavy atom. The molecule has 2 aromatic carbocycles. The number of hydrogen-bond donors (Lipinski definition) is 2. The summed E-state index contributed by atoms with van der Waals surface area (Å²) < 4.78 is 0. The Bertz CT molecular complexity index is 720. The van der Waals surface area contributed by atoms with Crippen LogP contribution >= 0.6 is 0 Å². The minimum atomic E-state index is -0.132. The summed E-state index contributed by atoms with van der Waals surface area (Å²) in [7, 11) is 0. The Kier molecular flexibility index (Phi) is 7.21. The molecule has 2 N–H and O–H groups in total. The number of benzene rings is 2. The number of aryl methyl sites for hydroxylation is 1. The third kappa shape index (κ3) is 5.34. The number of nitrogens with one attached hydrogen (secondary N) is 2. The zero-order valence-electron chi connectivity index (χ0n) is 15.7. The molecule has 2 aromatic rings. The molecule has 26 heavy (non-hydrogen) atoms. The van der Waals surface area contributed by atoms with Gasteiger partial charge < -0.3 is 15.5 Å². The highest BCUT2D eigenvalue weighted by Gasteiger charge is 2.12. The van der Waals surface area contributed by atoms with Crippen LogP contribution in [0.1, 0.15) is 36.7 Å². The van der Waals surface area contributed by atoms with Crippen LogP contribution in [-0.4, -0.2) is 36.3 Å². The maximum atomic E-state index is 12.3. The minimum Gasteiger partial charge on any atom is -0.376 e. The van der Waals surface area contributed by atoms with Crippen molar-refractivity contribution in [2.45, 2.75) is 27.2 Å². The van der Waals surface area contributed by atoms with E-state index in [4.69, 9.17) is 0 Å². The molecule has 0 heterocycles. The van der Waals surface area contributed by atoms with Crippen LogP contribution in [0.5, 0.6) is 0 Å². The van der Waals surface area contributed by atoms with Crippen molar-refractivity contribution in [3.05, 3.63) is 59.7 Å². The summed E-state index contributed by atoms with van der Waals surface area (Å²) in [5.74, 6) is -0.127. The van der Waals surface area contributed by atoms with Gasteiger partial charge in [-0.05, 0) is 62.2 Å². The first-order valence-electron chi connectivity index (χ1n) is 9.09. The monoisotopic (exact) mass is 353 g/mol. The van der Waals surface area contributed by atoms with Crippen LogP contribution < -0.4 is 10.6 Å². The first-order chi connectivity index (χ1) is 12.6. The van der Waals surface area contributed by atoms with Gasteiger partial charge in [0, 0.05) is 30.0 Å². The molecule has 0 radical (unpaired) electrons. The SMILES string of the molecule is CCc1ccc(NCC(=O)Nc2ccc(C(=O)N(CC)CC)cc2)cc1. The van der Waals surface area contributed by atoms with E-state index in [1.807, 2.05) is 38.1 Å². The summed E-state index contributed by atoms with van der Waals surface area (Å²) in [5.41, 5.74) is 3.48. The number of rotatable bonds is 8. The molecule has 0 unspecified atom stereocenters. The second kappa shape index (κ2) is 9.61. The van der Waals surface area contributed by atoms with Gasteiger partial charge in [-0.15, -0.1) is 0 Å². The van der Waals surface area contributed by atoms with Crippen molar-refractivity contribution in [3.63, 3.8) is 0 Å². The Labute approximate surface area is 155 Å². The van der Waals surface area contributed by atoms with E-state index in [2.05, 4.69) is 17.6 Å². The molecular weight excluding hydrogens is 326 g/mol. The molecule has 5 nitrogen and oxygen atoms in total. The summed E-state index contributed by atoms with van der Waals surface area (Å²) in [5, 5.41) is 5.93. The average molecular weight is 353 g/mol. The fourth-order valence-electron chi connectivity index (χ4n) is 2.64. The summed E-state index contributed by atoms with van der Waals surface area (Å²) >= 11 is 0. The summed E-state index contributed by atoms with van der Waals surface area (Å²) in [4.78, 5) is 26.1. The van der Waals surface area contributed by atoms with Crippen molar-refractivity contribution in [2.24, 2.45) is 0 Å². The van der Waals surface area contributed by atoms with E-state index in [1.165, 1.54) is 5.56 Å². The zero-order valence-corrected chi connectivity index (χ0v) is 15.7. The standard InChI is InChI=1S/C21H27N3O2/c1-4-16-7-11-18(12-8-16)22-15-20(25)23-19-13-9-17(10-14-19)21(26)24(5-2)6-3/h7-14,22H,4-6,15H2,1-3H3,(H,23,25). The molecule has 0 atom stereocenters. The molecule has 0 fully saturated rings. The molecule has 0 spiro atoms. The van der Waals surface area contributed by atoms with Gasteiger partial charge in [0.2, 0.25) is 5.91 Å². The Morgan fingerprint density at radius 2 is 1.42 bits per heavy atom. The van der Waals surface area contributed by atoms with Crippen molar-refractivity contribution in [2.75, 3.05) is 30.3 Å². The lowest BCUT2D eigenvalue weighted by Crippen LogP contribution is -2.30. The van der Waals surface area contributed by atoms with Crippen molar-refractivity contribution in [1.82, 2.24) is 4.90 Å². The summed E-state index contributed by atoms with van der Waals surface area (Å²) in [6.45, 7) is 7.57. The average Bonchev–Trinajstić information content (AvgIpc) is 2.68. The number of amides is 2. The summed E-state index contributed by atoms with van der Waals surface area (Å²) in [6, 6.07) is 15.0. The number of anilines is 2. The van der Waals surface area contributed by atoms with Gasteiger partial charge >= 0.3 is 0 Å². The van der Waals surface area contributed by atoms with Gasteiger partial charge in [0.15, 0.2) is 0 Å². The highest BCUT2D eigenvalue weighted by Crippen LogP contribution is 2.13. The fraction of sp³-hybridized carbons (Fsp3) is 0.333. The predicted molar refractivity (Wildman–Crippen MR) is 107 cm³/mol. The summed E-state index contributed by atoms with van der Waals surface area (Å²) in [6.07, 6.45) is 0.994. The van der Waals surface area contributed by atoms with E-state index in [0.29, 0.717) is 24.3 Å². The van der Waals surface area contributed by atoms with Crippen LogP contribution in [0.2, 0.25) is 0 Å². The Balaban J connectivity index is 1.87. The minimum absolute atomic E-state index is 0.00469. The highest BCUT2D eigenvalue weighted by atomic mass is 16.2. The number of nitrogens with zero attached hydrogens (tertiary/aromatic N) is 1. The van der Waals surface area contributed by atoms with E-state index in [9.17, 15) is 9.59 Å². The molecule has 5 heteroatoms. The molecule has 0 bridgehead atoms. The van der Waals surface area contributed by atoms with E-state index in [1.54, 1.807) is 29.2 Å². The van der Waals surface area contributed by atoms with Crippen molar-refractivity contribution >= 4 is 23.2 Å². The van der Waals surface area contributed by atoms with Gasteiger partial charge in [-0.3, -0.25) is 9.59 Å². The normalized spacial score (nSPS) is 10.3. The molecule has 138 valence electrons.